The minimum absolute atomic E-state index is 0.0637. The SMILES string of the molecule is OCC(Cc1ccccc1)NCc1cccc(F)c1F. The van der Waals surface area contributed by atoms with Gasteiger partial charge in [-0.25, -0.2) is 8.78 Å². The first-order valence-corrected chi connectivity index (χ1v) is 6.51. The molecule has 0 fully saturated rings. The Hall–Kier alpha value is -1.78. The van der Waals surface area contributed by atoms with E-state index in [9.17, 15) is 13.9 Å². The van der Waals surface area contributed by atoms with Gasteiger partial charge >= 0.3 is 0 Å². The van der Waals surface area contributed by atoms with E-state index in [1.165, 1.54) is 12.1 Å². The van der Waals surface area contributed by atoms with Gasteiger partial charge in [0.1, 0.15) is 0 Å². The highest BCUT2D eigenvalue weighted by Crippen LogP contribution is 2.11. The van der Waals surface area contributed by atoms with Crippen molar-refractivity contribution in [2.45, 2.75) is 19.0 Å². The summed E-state index contributed by atoms with van der Waals surface area (Å²) in [6.07, 6.45) is 0.633. The van der Waals surface area contributed by atoms with Crippen LogP contribution in [0.2, 0.25) is 0 Å². The molecule has 2 aromatic rings. The largest absolute Gasteiger partial charge is 0.395 e. The zero-order chi connectivity index (χ0) is 14.4. The third-order valence-corrected chi connectivity index (χ3v) is 3.16. The van der Waals surface area contributed by atoms with Gasteiger partial charge < -0.3 is 10.4 Å². The summed E-state index contributed by atoms with van der Waals surface area (Å²) in [5.74, 6) is -1.69. The van der Waals surface area contributed by atoms with Crippen LogP contribution in [0, 0.1) is 11.6 Å². The molecule has 2 aromatic carbocycles. The highest BCUT2D eigenvalue weighted by Gasteiger charge is 2.11. The Bertz CT molecular complexity index is 545. The van der Waals surface area contributed by atoms with E-state index in [2.05, 4.69) is 5.32 Å². The number of benzene rings is 2. The standard InChI is InChI=1S/C16H17F2NO/c17-15-8-4-7-13(16(15)18)10-19-14(11-20)9-12-5-2-1-3-6-12/h1-8,14,19-20H,9-11H2. The molecule has 0 spiro atoms. The van der Waals surface area contributed by atoms with Crippen molar-refractivity contribution in [1.82, 2.24) is 5.32 Å². The van der Waals surface area contributed by atoms with Gasteiger partial charge in [0.25, 0.3) is 0 Å². The molecule has 0 bridgehead atoms. The van der Waals surface area contributed by atoms with E-state index < -0.39 is 11.6 Å². The van der Waals surface area contributed by atoms with E-state index in [0.29, 0.717) is 6.42 Å². The minimum atomic E-state index is -0.854. The number of hydrogen-bond acceptors (Lipinski definition) is 2. The van der Waals surface area contributed by atoms with Gasteiger partial charge in [0.15, 0.2) is 11.6 Å². The maximum absolute atomic E-state index is 13.5. The summed E-state index contributed by atoms with van der Waals surface area (Å²) in [6, 6.07) is 13.6. The van der Waals surface area contributed by atoms with Crippen LogP contribution in [0.4, 0.5) is 8.78 Å². The summed E-state index contributed by atoms with van der Waals surface area (Å²) < 4.78 is 26.6. The smallest absolute Gasteiger partial charge is 0.163 e. The first-order chi connectivity index (χ1) is 9.70. The maximum Gasteiger partial charge on any atom is 0.163 e. The van der Waals surface area contributed by atoms with Crippen LogP contribution in [0.3, 0.4) is 0 Å². The first kappa shape index (κ1) is 14.6. The van der Waals surface area contributed by atoms with Gasteiger partial charge in [-0.15, -0.1) is 0 Å². The summed E-state index contributed by atoms with van der Waals surface area (Å²) in [5.41, 5.74) is 1.34. The van der Waals surface area contributed by atoms with E-state index in [0.717, 1.165) is 11.6 Å². The van der Waals surface area contributed by atoms with Gasteiger partial charge in [0.2, 0.25) is 0 Å². The Labute approximate surface area is 117 Å². The molecule has 0 radical (unpaired) electrons. The molecule has 0 saturated heterocycles. The summed E-state index contributed by atoms with van der Waals surface area (Å²) in [6.45, 7) is 0.119. The van der Waals surface area contributed by atoms with Crippen LogP contribution in [-0.4, -0.2) is 17.8 Å². The van der Waals surface area contributed by atoms with Gasteiger partial charge in [0.05, 0.1) is 6.61 Å². The van der Waals surface area contributed by atoms with Crippen LogP contribution < -0.4 is 5.32 Å². The molecule has 2 N–H and O–H groups in total. The number of nitrogens with one attached hydrogen (secondary N) is 1. The van der Waals surface area contributed by atoms with E-state index in [-0.39, 0.29) is 24.8 Å². The van der Waals surface area contributed by atoms with E-state index >= 15 is 0 Å². The maximum atomic E-state index is 13.5. The lowest BCUT2D eigenvalue weighted by atomic mass is 10.1. The Morgan fingerprint density at radius 2 is 1.75 bits per heavy atom. The number of halogens is 2. The van der Waals surface area contributed by atoms with Crippen molar-refractivity contribution in [3.05, 3.63) is 71.3 Å². The minimum Gasteiger partial charge on any atom is -0.395 e. The average Bonchev–Trinajstić information content (AvgIpc) is 2.48. The molecule has 1 atom stereocenters. The van der Waals surface area contributed by atoms with Crippen LogP contribution >= 0.6 is 0 Å². The third-order valence-electron chi connectivity index (χ3n) is 3.16. The normalized spacial score (nSPS) is 12.3. The number of aliphatic hydroxyl groups is 1. The molecule has 0 aliphatic carbocycles. The molecule has 0 aromatic heterocycles. The molecule has 2 nitrogen and oxygen atoms in total. The molecule has 0 aliphatic heterocycles. The molecule has 2 rings (SSSR count). The van der Waals surface area contributed by atoms with E-state index in [1.807, 2.05) is 30.3 Å². The molecular weight excluding hydrogens is 260 g/mol. The fourth-order valence-electron chi connectivity index (χ4n) is 2.04. The summed E-state index contributed by atoms with van der Waals surface area (Å²) in [7, 11) is 0. The Morgan fingerprint density at radius 1 is 1.00 bits per heavy atom. The highest BCUT2D eigenvalue weighted by atomic mass is 19.2. The van der Waals surface area contributed by atoms with Crippen LogP contribution in [-0.2, 0) is 13.0 Å². The van der Waals surface area contributed by atoms with Crippen LogP contribution in [0.1, 0.15) is 11.1 Å². The monoisotopic (exact) mass is 277 g/mol. The molecule has 0 aliphatic rings. The van der Waals surface area contributed by atoms with Gasteiger partial charge in [-0.1, -0.05) is 42.5 Å². The lowest BCUT2D eigenvalue weighted by Gasteiger charge is -2.16. The Kier molecular flexibility index (Phi) is 5.21. The third kappa shape index (κ3) is 3.85. The fraction of sp³-hybridized carbons (Fsp3) is 0.250. The molecule has 106 valence electrons. The van der Waals surface area contributed by atoms with Crippen LogP contribution in [0.5, 0.6) is 0 Å². The van der Waals surface area contributed by atoms with E-state index in [4.69, 9.17) is 0 Å². The summed E-state index contributed by atoms with van der Waals surface area (Å²) in [4.78, 5) is 0. The van der Waals surface area contributed by atoms with Gasteiger partial charge in [-0.3, -0.25) is 0 Å². The lowest BCUT2D eigenvalue weighted by Crippen LogP contribution is -2.34. The Morgan fingerprint density at radius 3 is 2.45 bits per heavy atom. The molecule has 20 heavy (non-hydrogen) atoms. The average molecular weight is 277 g/mol. The Balaban J connectivity index is 1.95. The molecule has 1 unspecified atom stereocenters. The zero-order valence-corrected chi connectivity index (χ0v) is 11.0. The van der Waals surface area contributed by atoms with Crippen molar-refractivity contribution < 1.29 is 13.9 Å². The molecule has 0 saturated carbocycles. The topological polar surface area (TPSA) is 32.3 Å². The first-order valence-electron chi connectivity index (χ1n) is 6.51. The zero-order valence-electron chi connectivity index (χ0n) is 11.0. The summed E-state index contributed by atoms with van der Waals surface area (Å²) >= 11 is 0. The number of aliphatic hydroxyl groups excluding tert-OH is 1. The number of rotatable bonds is 6. The van der Waals surface area contributed by atoms with Crippen molar-refractivity contribution in [2.24, 2.45) is 0 Å². The van der Waals surface area contributed by atoms with Gasteiger partial charge in [-0.05, 0) is 18.1 Å². The second-order valence-corrected chi connectivity index (χ2v) is 4.66. The highest BCUT2D eigenvalue weighted by molar-refractivity contribution is 5.19. The predicted molar refractivity (Wildman–Crippen MR) is 74.2 cm³/mol. The number of hydrogen-bond donors (Lipinski definition) is 2. The lowest BCUT2D eigenvalue weighted by molar-refractivity contribution is 0.240. The van der Waals surface area contributed by atoms with Crippen LogP contribution in [0.15, 0.2) is 48.5 Å². The van der Waals surface area contributed by atoms with E-state index in [1.54, 1.807) is 0 Å². The van der Waals surface area contributed by atoms with Crippen LogP contribution in [0.25, 0.3) is 0 Å². The van der Waals surface area contributed by atoms with Crippen molar-refractivity contribution in [3.63, 3.8) is 0 Å². The fourth-order valence-corrected chi connectivity index (χ4v) is 2.04. The van der Waals surface area contributed by atoms with Gasteiger partial charge in [-0.2, -0.15) is 0 Å². The van der Waals surface area contributed by atoms with Gasteiger partial charge in [0, 0.05) is 18.2 Å². The van der Waals surface area contributed by atoms with Crippen molar-refractivity contribution >= 4 is 0 Å². The van der Waals surface area contributed by atoms with Crippen molar-refractivity contribution in [2.75, 3.05) is 6.61 Å². The second-order valence-electron chi connectivity index (χ2n) is 4.66. The molecule has 4 heteroatoms. The quantitative estimate of drug-likeness (QED) is 0.851. The second kappa shape index (κ2) is 7.12. The van der Waals surface area contributed by atoms with Crippen molar-refractivity contribution in [1.29, 1.82) is 0 Å². The predicted octanol–water partition coefficient (Wildman–Crippen LogP) is 2.66. The summed E-state index contributed by atoms with van der Waals surface area (Å²) in [5, 5.41) is 12.4. The van der Waals surface area contributed by atoms with Crippen molar-refractivity contribution in [3.8, 4) is 0 Å². The molecular formula is C16H17F2NO. The molecule has 0 amide bonds. The molecule has 0 heterocycles.